The molecule has 2 rings (SSSR count). The number of ether oxygens (including phenoxy) is 2. The van der Waals surface area contributed by atoms with Gasteiger partial charge in [0, 0.05) is 23.1 Å². The smallest absolute Gasteiger partial charge is 0.226 e. The summed E-state index contributed by atoms with van der Waals surface area (Å²) in [6.07, 6.45) is 0.280. The second-order valence-electron chi connectivity index (χ2n) is 5.62. The van der Waals surface area contributed by atoms with Gasteiger partial charge in [-0.1, -0.05) is 22.0 Å². The zero-order valence-electron chi connectivity index (χ0n) is 15.3. The van der Waals surface area contributed by atoms with Gasteiger partial charge in [-0.15, -0.1) is 0 Å². The Bertz CT molecular complexity index is 794. The topological polar surface area (TPSA) is 98.0 Å². The number of benzene rings is 2. The first kappa shape index (κ1) is 20.6. The van der Waals surface area contributed by atoms with Crippen molar-refractivity contribution in [1.29, 1.82) is 0 Å². The zero-order valence-corrected chi connectivity index (χ0v) is 16.9. The summed E-state index contributed by atoms with van der Waals surface area (Å²) >= 11 is 3.35. The first-order chi connectivity index (χ1) is 13.0. The molecule has 0 radical (unpaired) electrons. The van der Waals surface area contributed by atoms with E-state index in [4.69, 9.17) is 15.2 Å². The molecule has 8 heteroatoms. The molecule has 0 saturated heterocycles. The molecule has 4 N–H and O–H groups in total. The number of amides is 1. The Kier molecular flexibility index (Phi) is 7.94. The van der Waals surface area contributed by atoms with E-state index < -0.39 is 0 Å². The highest BCUT2D eigenvalue weighted by Crippen LogP contribution is 2.27. The van der Waals surface area contributed by atoms with Crippen LogP contribution in [0, 0.1) is 0 Å². The number of hydrogen-bond donors (Lipinski definition) is 3. The molecule has 0 aliphatic carbocycles. The van der Waals surface area contributed by atoms with Crippen molar-refractivity contribution in [2.45, 2.75) is 13.0 Å². The molecule has 0 heterocycles. The van der Waals surface area contributed by atoms with Crippen molar-refractivity contribution in [3.63, 3.8) is 0 Å². The number of halogens is 1. The van der Waals surface area contributed by atoms with Crippen LogP contribution in [-0.4, -0.2) is 32.6 Å². The predicted molar refractivity (Wildman–Crippen MR) is 110 cm³/mol. The molecule has 0 atom stereocenters. The molecule has 1 amide bonds. The van der Waals surface area contributed by atoms with Crippen LogP contribution in [-0.2, 0) is 11.3 Å². The molecule has 0 aliphatic heterocycles. The van der Waals surface area contributed by atoms with Gasteiger partial charge in [0.1, 0.15) is 0 Å². The fraction of sp³-hybridized carbons (Fsp3) is 0.263. The second kappa shape index (κ2) is 10.4. The highest BCUT2D eigenvalue weighted by atomic mass is 79.9. The maximum absolute atomic E-state index is 11.9. The highest BCUT2D eigenvalue weighted by molar-refractivity contribution is 9.10. The van der Waals surface area contributed by atoms with Gasteiger partial charge in [-0.05, 0) is 42.0 Å². The fourth-order valence-electron chi connectivity index (χ4n) is 2.27. The van der Waals surface area contributed by atoms with E-state index in [1.54, 1.807) is 14.2 Å². The van der Waals surface area contributed by atoms with Gasteiger partial charge in [-0.3, -0.25) is 4.79 Å². The fourth-order valence-corrected chi connectivity index (χ4v) is 2.54. The number of carbonyl (C=O) groups excluding carboxylic acids is 1. The van der Waals surface area contributed by atoms with Gasteiger partial charge in [0.2, 0.25) is 5.91 Å². The lowest BCUT2D eigenvalue weighted by atomic mass is 10.2. The van der Waals surface area contributed by atoms with Crippen LogP contribution >= 0.6 is 15.9 Å². The van der Waals surface area contributed by atoms with Crippen LogP contribution in [0.3, 0.4) is 0 Å². The van der Waals surface area contributed by atoms with Gasteiger partial charge in [-0.25, -0.2) is 4.99 Å². The van der Waals surface area contributed by atoms with Gasteiger partial charge in [-0.2, -0.15) is 0 Å². The van der Waals surface area contributed by atoms with Crippen molar-refractivity contribution in [3.8, 4) is 11.5 Å². The monoisotopic (exact) mass is 434 g/mol. The van der Waals surface area contributed by atoms with E-state index >= 15 is 0 Å². The summed E-state index contributed by atoms with van der Waals surface area (Å²) < 4.78 is 11.4. The van der Waals surface area contributed by atoms with E-state index in [9.17, 15) is 4.79 Å². The highest BCUT2D eigenvalue weighted by Gasteiger charge is 2.05. The van der Waals surface area contributed by atoms with Gasteiger partial charge >= 0.3 is 0 Å². The Hall–Kier alpha value is -2.74. The largest absolute Gasteiger partial charge is 0.493 e. The van der Waals surface area contributed by atoms with Gasteiger partial charge in [0.15, 0.2) is 17.5 Å². The first-order valence-electron chi connectivity index (χ1n) is 8.32. The molecule has 7 nitrogen and oxygen atoms in total. The minimum Gasteiger partial charge on any atom is -0.493 e. The standard InChI is InChI=1S/C19H23BrN4O3/c1-26-16-8-3-13(11-17(16)27-2)12-23-19(21)22-10-9-18(25)24-15-6-4-14(20)5-7-15/h3-8,11H,9-10,12H2,1-2H3,(H,24,25)(H3,21,22,23). The van der Waals surface area contributed by atoms with Crippen LogP contribution in [0.4, 0.5) is 5.69 Å². The number of aliphatic imine (C=N–C) groups is 1. The third-order valence-corrected chi connectivity index (χ3v) is 4.19. The van der Waals surface area contributed by atoms with Gasteiger partial charge in [0.25, 0.3) is 0 Å². The Morgan fingerprint density at radius 1 is 1.11 bits per heavy atom. The molecule has 0 aliphatic rings. The lowest BCUT2D eigenvalue weighted by molar-refractivity contribution is -0.116. The zero-order chi connectivity index (χ0) is 19.6. The van der Waals surface area contributed by atoms with E-state index in [0.29, 0.717) is 24.6 Å². The van der Waals surface area contributed by atoms with Crippen molar-refractivity contribution in [2.75, 3.05) is 26.1 Å². The van der Waals surface area contributed by atoms with Crippen molar-refractivity contribution < 1.29 is 14.3 Å². The summed E-state index contributed by atoms with van der Waals surface area (Å²) in [6, 6.07) is 13.0. The normalized spacial score (nSPS) is 11.0. The third-order valence-electron chi connectivity index (χ3n) is 3.67. The molecule has 0 saturated carbocycles. The number of hydrogen-bond acceptors (Lipinski definition) is 4. The molecule has 2 aromatic carbocycles. The third kappa shape index (κ3) is 6.82. The minimum absolute atomic E-state index is 0.0995. The summed E-state index contributed by atoms with van der Waals surface area (Å²) in [7, 11) is 3.17. The minimum atomic E-state index is -0.0995. The SMILES string of the molecule is COc1ccc(CN=C(N)NCCC(=O)Nc2ccc(Br)cc2)cc1OC. The van der Waals surface area contributed by atoms with E-state index in [-0.39, 0.29) is 18.3 Å². The number of nitrogens with two attached hydrogens (primary N) is 1. The molecule has 0 bridgehead atoms. The van der Waals surface area contributed by atoms with Crippen molar-refractivity contribution >= 4 is 33.5 Å². The maximum atomic E-state index is 11.9. The summed E-state index contributed by atoms with van der Waals surface area (Å²) in [4.78, 5) is 16.2. The number of carbonyl (C=O) groups is 1. The quantitative estimate of drug-likeness (QED) is 0.438. The number of nitrogens with zero attached hydrogens (tertiary/aromatic N) is 1. The van der Waals surface area contributed by atoms with Crippen LogP contribution in [0.15, 0.2) is 51.9 Å². The average molecular weight is 435 g/mol. The number of methoxy groups -OCH3 is 2. The summed E-state index contributed by atoms with van der Waals surface area (Å²) in [6.45, 7) is 0.786. The summed E-state index contributed by atoms with van der Waals surface area (Å²) in [5.41, 5.74) is 7.53. The summed E-state index contributed by atoms with van der Waals surface area (Å²) in [5, 5.41) is 5.75. The van der Waals surface area contributed by atoms with Crippen molar-refractivity contribution in [1.82, 2.24) is 5.32 Å². The van der Waals surface area contributed by atoms with Gasteiger partial charge in [0.05, 0.1) is 20.8 Å². The number of nitrogens with one attached hydrogen (secondary N) is 2. The van der Waals surface area contributed by atoms with Crippen molar-refractivity contribution in [3.05, 3.63) is 52.5 Å². The van der Waals surface area contributed by atoms with E-state index in [1.165, 1.54) is 0 Å². The van der Waals surface area contributed by atoms with Crippen LogP contribution in [0.2, 0.25) is 0 Å². The molecule has 0 fully saturated rings. The van der Waals surface area contributed by atoms with Crippen LogP contribution in [0.25, 0.3) is 0 Å². The molecule has 0 spiro atoms. The van der Waals surface area contributed by atoms with Crippen LogP contribution in [0.5, 0.6) is 11.5 Å². The lowest BCUT2D eigenvalue weighted by Crippen LogP contribution is -2.34. The van der Waals surface area contributed by atoms with E-state index in [1.807, 2.05) is 42.5 Å². The predicted octanol–water partition coefficient (Wildman–Crippen LogP) is 2.90. The average Bonchev–Trinajstić information content (AvgIpc) is 2.67. The van der Waals surface area contributed by atoms with E-state index in [2.05, 4.69) is 31.6 Å². The lowest BCUT2D eigenvalue weighted by Gasteiger charge is -2.09. The Balaban J connectivity index is 1.77. The number of guanidine groups is 1. The van der Waals surface area contributed by atoms with Crippen LogP contribution < -0.4 is 25.8 Å². The van der Waals surface area contributed by atoms with Crippen molar-refractivity contribution in [2.24, 2.45) is 10.7 Å². The Labute approximate surface area is 167 Å². The molecular formula is C19H23BrN4O3. The number of anilines is 1. The van der Waals surface area contributed by atoms with E-state index in [0.717, 1.165) is 15.7 Å². The van der Waals surface area contributed by atoms with Crippen LogP contribution in [0.1, 0.15) is 12.0 Å². The Morgan fingerprint density at radius 3 is 2.48 bits per heavy atom. The number of rotatable bonds is 8. The summed E-state index contributed by atoms with van der Waals surface area (Å²) in [5.74, 6) is 1.48. The maximum Gasteiger partial charge on any atom is 0.226 e. The first-order valence-corrected chi connectivity index (χ1v) is 9.11. The molecule has 0 unspecified atom stereocenters. The molecule has 0 aromatic heterocycles. The molecule has 144 valence electrons. The van der Waals surface area contributed by atoms with Gasteiger partial charge < -0.3 is 25.8 Å². The molecule has 27 heavy (non-hydrogen) atoms. The molecule has 2 aromatic rings. The second-order valence-corrected chi connectivity index (χ2v) is 6.54. The molecular weight excluding hydrogens is 412 g/mol. The Morgan fingerprint density at radius 2 is 1.81 bits per heavy atom.